The van der Waals surface area contributed by atoms with Crippen LogP contribution in [0.2, 0.25) is 0 Å². The van der Waals surface area contributed by atoms with Crippen molar-refractivity contribution in [3.63, 3.8) is 0 Å². The Morgan fingerprint density at radius 3 is 2.72 bits per heavy atom. The standard InChI is InChI=1S/C26H29N5O5/c1-30-12-18(11-28-30)13-31-14-21-24(15-31)36-20-6-3-17(4-7-20)10-27-25(32)16-35-23-9-19(26(33)29-21)5-8-22(23)34-2/h3-9,11-12,21,24H,10,13-16H2,1-2H3,(H,27,32)(H,29,33)/t21-,24-/m0/s1. The third-order valence-corrected chi connectivity index (χ3v) is 6.31. The summed E-state index contributed by atoms with van der Waals surface area (Å²) in [6.45, 7) is 2.15. The summed E-state index contributed by atoms with van der Waals surface area (Å²) in [5.74, 6) is 0.938. The van der Waals surface area contributed by atoms with E-state index in [1.165, 1.54) is 7.11 Å². The molecule has 2 amide bonds. The summed E-state index contributed by atoms with van der Waals surface area (Å²) in [5.41, 5.74) is 2.44. The maximum Gasteiger partial charge on any atom is 0.258 e. The Morgan fingerprint density at radius 2 is 1.97 bits per heavy atom. The fourth-order valence-corrected chi connectivity index (χ4v) is 4.49. The van der Waals surface area contributed by atoms with Gasteiger partial charge < -0.3 is 24.8 Å². The number of amides is 2. The van der Waals surface area contributed by atoms with Crippen molar-refractivity contribution < 1.29 is 23.8 Å². The minimum Gasteiger partial charge on any atom is -0.493 e. The van der Waals surface area contributed by atoms with E-state index in [2.05, 4.69) is 20.6 Å². The van der Waals surface area contributed by atoms with Crippen LogP contribution in [0.4, 0.5) is 0 Å². The molecule has 36 heavy (non-hydrogen) atoms. The number of rotatable bonds is 3. The highest BCUT2D eigenvalue weighted by Gasteiger charge is 2.36. The number of hydrogen-bond acceptors (Lipinski definition) is 7. The van der Waals surface area contributed by atoms with Gasteiger partial charge in [0.15, 0.2) is 18.1 Å². The molecule has 1 aromatic heterocycles. The molecule has 2 aromatic carbocycles. The molecule has 3 aliphatic rings. The quantitative estimate of drug-likeness (QED) is 0.572. The topological polar surface area (TPSA) is 107 Å². The lowest BCUT2D eigenvalue weighted by Gasteiger charge is -2.21. The summed E-state index contributed by atoms with van der Waals surface area (Å²) < 4.78 is 19.2. The van der Waals surface area contributed by atoms with Crippen LogP contribution in [0, 0.1) is 0 Å². The Hall–Kier alpha value is -4.05. The summed E-state index contributed by atoms with van der Waals surface area (Å²) in [6.07, 6.45) is 3.59. The molecule has 0 radical (unpaired) electrons. The molecule has 0 spiro atoms. The molecule has 10 nitrogen and oxygen atoms in total. The summed E-state index contributed by atoms with van der Waals surface area (Å²) >= 11 is 0. The largest absolute Gasteiger partial charge is 0.493 e. The zero-order chi connectivity index (χ0) is 25.1. The third-order valence-electron chi connectivity index (χ3n) is 6.31. The molecule has 1 saturated heterocycles. The minimum atomic E-state index is -0.278. The first-order valence-electron chi connectivity index (χ1n) is 11.8. The van der Waals surface area contributed by atoms with E-state index in [0.29, 0.717) is 49.0 Å². The number of ether oxygens (including phenoxy) is 3. The molecule has 0 unspecified atom stereocenters. The Morgan fingerprint density at radius 1 is 1.14 bits per heavy atom. The minimum absolute atomic E-state index is 0.198. The van der Waals surface area contributed by atoms with Crippen LogP contribution in [0.5, 0.6) is 17.2 Å². The van der Waals surface area contributed by atoms with Gasteiger partial charge in [0.2, 0.25) is 0 Å². The number of carbonyl (C=O) groups excluding carboxylic acids is 2. The number of fused-ring (bicyclic) bond motifs is 7. The Kier molecular flexibility index (Phi) is 6.77. The first-order chi connectivity index (χ1) is 17.5. The van der Waals surface area contributed by atoms with Crippen molar-refractivity contribution in [1.82, 2.24) is 25.3 Å². The number of methoxy groups -OCH3 is 1. The lowest BCUT2D eigenvalue weighted by atomic mass is 10.1. The van der Waals surface area contributed by atoms with Crippen LogP contribution in [-0.2, 0) is 24.9 Å². The monoisotopic (exact) mass is 491 g/mol. The van der Waals surface area contributed by atoms with E-state index in [0.717, 1.165) is 11.1 Å². The van der Waals surface area contributed by atoms with Gasteiger partial charge in [0.1, 0.15) is 11.9 Å². The van der Waals surface area contributed by atoms with E-state index >= 15 is 0 Å². The third kappa shape index (κ3) is 5.44. The van der Waals surface area contributed by atoms with Crippen molar-refractivity contribution >= 4 is 11.8 Å². The van der Waals surface area contributed by atoms with Gasteiger partial charge in [-0.1, -0.05) is 12.1 Å². The van der Waals surface area contributed by atoms with E-state index in [1.54, 1.807) is 22.9 Å². The van der Waals surface area contributed by atoms with Crippen molar-refractivity contribution in [3.05, 3.63) is 71.5 Å². The molecule has 0 saturated carbocycles. The molecular weight excluding hydrogens is 462 g/mol. The fraction of sp³-hybridized carbons (Fsp3) is 0.346. The summed E-state index contributed by atoms with van der Waals surface area (Å²) in [5, 5.41) is 10.2. The maximum atomic E-state index is 13.2. The first kappa shape index (κ1) is 23.7. The predicted molar refractivity (Wildman–Crippen MR) is 131 cm³/mol. The molecule has 2 atom stereocenters. The molecule has 10 heteroatoms. The van der Waals surface area contributed by atoms with Crippen LogP contribution < -0.4 is 24.8 Å². The van der Waals surface area contributed by atoms with Crippen molar-refractivity contribution in [2.24, 2.45) is 7.05 Å². The SMILES string of the molecule is COc1ccc2cc1OCC(=O)NCc1ccc(cc1)O[C@H]1CN(Cc3cnn(C)c3)C[C@@H]1NC2=O. The highest BCUT2D eigenvalue weighted by Crippen LogP contribution is 2.29. The summed E-state index contributed by atoms with van der Waals surface area (Å²) in [6, 6.07) is 12.3. The average molecular weight is 492 g/mol. The molecule has 4 heterocycles. The average Bonchev–Trinajstić information content (AvgIpc) is 3.46. The molecular formula is C26H29N5O5. The van der Waals surface area contributed by atoms with E-state index < -0.39 is 0 Å². The number of carbonyl (C=O) groups is 2. The number of benzene rings is 2. The zero-order valence-electron chi connectivity index (χ0n) is 20.3. The molecule has 0 aliphatic carbocycles. The van der Waals surface area contributed by atoms with Crippen LogP contribution in [0.3, 0.4) is 0 Å². The van der Waals surface area contributed by atoms with Crippen LogP contribution >= 0.6 is 0 Å². The lowest BCUT2D eigenvalue weighted by molar-refractivity contribution is -0.123. The fourth-order valence-electron chi connectivity index (χ4n) is 4.49. The number of likely N-dealkylation sites (tertiary alicyclic amines) is 1. The summed E-state index contributed by atoms with van der Waals surface area (Å²) in [4.78, 5) is 27.8. The molecule has 1 fully saturated rings. The van der Waals surface area contributed by atoms with Crippen molar-refractivity contribution in [2.75, 3.05) is 26.8 Å². The second-order valence-corrected chi connectivity index (χ2v) is 9.03. The number of nitrogens with zero attached hydrogens (tertiary/aromatic N) is 3. The number of nitrogens with one attached hydrogen (secondary N) is 2. The van der Waals surface area contributed by atoms with Gasteiger partial charge in [-0.2, -0.15) is 5.10 Å². The van der Waals surface area contributed by atoms with Gasteiger partial charge in [-0.25, -0.2) is 0 Å². The van der Waals surface area contributed by atoms with Crippen LogP contribution in [0.15, 0.2) is 54.9 Å². The number of aromatic nitrogens is 2. The Bertz CT molecular complexity index is 1240. The Balaban J connectivity index is 1.42. The molecule has 2 N–H and O–H groups in total. The van der Waals surface area contributed by atoms with Gasteiger partial charge in [0.25, 0.3) is 11.8 Å². The zero-order valence-corrected chi connectivity index (χ0v) is 20.3. The van der Waals surface area contributed by atoms with Gasteiger partial charge >= 0.3 is 0 Å². The molecule has 4 bridgehead atoms. The van der Waals surface area contributed by atoms with E-state index in [1.807, 2.05) is 43.7 Å². The summed E-state index contributed by atoms with van der Waals surface area (Å²) in [7, 11) is 3.40. The van der Waals surface area contributed by atoms with Crippen LogP contribution in [0.25, 0.3) is 0 Å². The normalized spacial score (nSPS) is 20.5. The number of aryl methyl sites for hydroxylation is 1. The number of hydrogen-bond donors (Lipinski definition) is 2. The van der Waals surface area contributed by atoms with Crippen LogP contribution in [-0.4, -0.2) is 65.4 Å². The Labute approximate surface area is 209 Å². The van der Waals surface area contributed by atoms with Crippen molar-refractivity contribution in [2.45, 2.75) is 25.2 Å². The van der Waals surface area contributed by atoms with Gasteiger partial charge in [-0.15, -0.1) is 0 Å². The van der Waals surface area contributed by atoms with Crippen LogP contribution in [0.1, 0.15) is 21.5 Å². The van der Waals surface area contributed by atoms with Gasteiger partial charge in [0, 0.05) is 50.6 Å². The lowest BCUT2D eigenvalue weighted by Crippen LogP contribution is -2.45. The second kappa shape index (κ2) is 10.3. The molecule has 3 aliphatic heterocycles. The maximum absolute atomic E-state index is 13.2. The predicted octanol–water partition coefficient (Wildman–Crippen LogP) is 1.50. The second-order valence-electron chi connectivity index (χ2n) is 9.03. The van der Waals surface area contributed by atoms with Gasteiger partial charge in [0.05, 0.1) is 19.3 Å². The molecule has 3 aromatic rings. The first-order valence-corrected chi connectivity index (χ1v) is 11.8. The highest BCUT2D eigenvalue weighted by molar-refractivity contribution is 5.95. The van der Waals surface area contributed by atoms with E-state index in [4.69, 9.17) is 14.2 Å². The molecule has 188 valence electrons. The smallest absolute Gasteiger partial charge is 0.258 e. The van der Waals surface area contributed by atoms with Gasteiger partial charge in [-0.05, 0) is 35.9 Å². The van der Waals surface area contributed by atoms with E-state index in [9.17, 15) is 9.59 Å². The van der Waals surface area contributed by atoms with Crippen molar-refractivity contribution in [3.8, 4) is 17.2 Å². The van der Waals surface area contributed by atoms with E-state index in [-0.39, 0.29) is 30.6 Å². The van der Waals surface area contributed by atoms with Gasteiger partial charge in [-0.3, -0.25) is 19.2 Å². The molecule has 6 rings (SSSR count). The van der Waals surface area contributed by atoms with Crippen molar-refractivity contribution in [1.29, 1.82) is 0 Å². The highest BCUT2D eigenvalue weighted by atomic mass is 16.5.